The van der Waals surface area contributed by atoms with Crippen LogP contribution < -0.4 is 10.2 Å². The Morgan fingerprint density at radius 3 is 2.79 bits per heavy atom. The van der Waals surface area contributed by atoms with Crippen LogP contribution in [-0.2, 0) is 12.8 Å². The highest BCUT2D eigenvalue weighted by atomic mass is 15.3. The average molecular weight is 260 g/mol. The Morgan fingerprint density at radius 2 is 2.05 bits per heavy atom. The zero-order valence-corrected chi connectivity index (χ0v) is 12.1. The SMILES string of the molecule is CNCC1CCc2nc(N3CCCC3)nc(C)c2C1. The number of aromatic nitrogens is 2. The standard InChI is InChI=1S/C15H24N4/c1-11-13-9-12(10-16-2)5-6-14(13)18-15(17-11)19-7-3-4-8-19/h12,16H,3-10H2,1-2H3. The molecule has 4 heteroatoms. The van der Waals surface area contributed by atoms with Crippen molar-refractivity contribution in [3.05, 3.63) is 17.0 Å². The Hall–Kier alpha value is -1.16. The van der Waals surface area contributed by atoms with Crippen LogP contribution in [0.25, 0.3) is 0 Å². The monoisotopic (exact) mass is 260 g/mol. The van der Waals surface area contributed by atoms with Gasteiger partial charge in [-0.25, -0.2) is 9.97 Å². The van der Waals surface area contributed by atoms with Gasteiger partial charge < -0.3 is 10.2 Å². The smallest absolute Gasteiger partial charge is 0.225 e. The second-order valence-electron chi connectivity index (χ2n) is 5.89. The Bertz CT molecular complexity index is 452. The fourth-order valence-electron chi connectivity index (χ4n) is 3.36. The van der Waals surface area contributed by atoms with Gasteiger partial charge in [0.25, 0.3) is 0 Å². The second-order valence-corrected chi connectivity index (χ2v) is 5.89. The molecule has 2 heterocycles. The Labute approximate surface area is 115 Å². The highest BCUT2D eigenvalue weighted by Crippen LogP contribution is 2.28. The molecule has 3 rings (SSSR count). The molecule has 19 heavy (non-hydrogen) atoms. The van der Waals surface area contributed by atoms with Crippen molar-refractivity contribution in [3.63, 3.8) is 0 Å². The van der Waals surface area contributed by atoms with Crippen molar-refractivity contribution in [1.82, 2.24) is 15.3 Å². The summed E-state index contributed by atoms with van der Waals surface area (Å²) in [5.74, 6) is 1.72. The van der Waals surface area contributed by atoms with Gasteiger partial charge in [0, 0.05) is 24.5 Å². The van der Waals surface area contributed by atoms with E-state index < -0.39 is 0 Å². The molecule has 1 aromatic rings. The van der Waals surface area contributed by atoms with E-state index in [4.69, 9.17) is 9.97 Å². The van der Waals surface area contributed by atoms with E-state index in [9.17, 15) is 0 Å². The van der Waals surface area contributed by atoms with E-state index in [0.717, 1.165) is 44.3 Å². The molecule has 1 fully saturated rings. The van der Waals surface area contributed by atoms with Gasteiger partial charge in [-0.1, -0.05) is 0 Å². The van der Waals surface area contributed by atoms with Gasteiger partial charge in [0.15, 0.2) is 0 Å². The normalized spacial score (nSPS) is 22.6. The van der Waals surface area contributed by atoms with Crippen LogP contribution in [0.2, 0.25) is 0 Å². The number of anilines is 1. The van der Waals surface area contributed by atoms with Crippen LogP contribution in [-0.4, -0.2) is 36.6 Å². The summed E-state index contributed by atoms with van der Waals surface area (Å²) >= 11 is 0. The highest BCUT2D eigenvalue weighted by molar-refractivity contribution is 5.39. The maximum Gasteiger partial charge on any atom is 0.225 e. The van der Waals surface area contributed by atoms with E-state index in [-0.39, 0.29) is 0 Å². The van der Waals surface area contributed by atoms with Gasteiger partial charge in [-0.05, 0) is 64.1 Å². The molecule has 0 aromatic carbocycles. The van der Waals surface area contributed by atoms with Gasteiger partial charge in [-0.3, -0.25) is 0 Å². The van der Waals surface area contributed by atoms with Gasteiger partial charge in [0.05, 0.1) is 0 Å². The van der Waals surface area contributed by atoms with Crippen LogP contribution in [0, 0.1) is 12.8 Å². The van der Waals surface area contributed by atoms with E-state index in [2.05, 4.69) is 17.1 Å². The molecule has 0 saturated carbocycles. The quantitative estimate of drug-likeness (QED) is 0.898. The van der Waals surface area contributed by atoms with Crippen molar-refractivity contribution in [2.45, 2.75) is 39.0 Å². The highest BCUT2D eigenvalue weighted by Gasteiger charge is 2.24. The average Bonchev–Trinajstić information content (AvgIpc) is 2.93. The van der Waals surface area contributed by atoms with Crippen molar-refractivity contribution in [1.29, 1.82) is 0 Å². The van der Waals surface area contributed by atoms with Gasteiger partial charge in [-0.15, -0.1) is 0 Å². The van der Waals surface area contributed by atoms with E-state index in [1.54, 1.807) is 0 Å². The number of nitrogens with one attached hydrogen (secondary N) is 1. The van der Waals surface area contributed by atoms with E-state index in [0.29, 0.717) is 0 Å². The first-order valence-corrected chi connectivity index (χ1v) is 7.54. The minimum Gasteiger partial charge on any atom is -0.341 e. The molecule has 0 radical (unpaired) electrons. The maximum absolute atomic E-state index is 4.85. The van der Waals surface area contributed by atoms with Crippen LogP contribution in [0.15, 0.2) is 0 Å². The summed E-state index contributed by atoms with van der Waals surface area (Å²) in [6.07, 6.45) is 6.07. The third-order valence-corrected chi connectivity index (χ3v) is 4.45. The third-order valence-electron chi connectivity index (χ3n) is 4.45. The van der Waals surface area contributed by atoms with E-state index in [1.165, 1.54) is 36.2 Å². The topological polar surface area (TPSA) is 41.1 Å². The Balaban J connectivity index is 1.84. The molecule has 1 saturated heterocycles. The molecule has 0 bridgehead atoms. The number of hydrogen-bond acceptors (Lipinski definition) is 4. The fraction of sp³-hybridized carbons (Fsp3) is 0.733. The first kappa shape index (κ1) is 12.9. The van der Waals surface area contributed by atoms with Crippen LogP contribution in [0.4, 0.5) is 5.95 Å². The Kier molecular flexibility index (Phi) is 3.69. The summed E-state index contributed by atoms with van der Waals surface area (Å²) in [4.78, 5) is 11.9. The van der Waals surface area contributed by atoms with Gasteiger partial charge in [0.2, 0.25) is 5.95 Å². The lowest BCUT2D eigenvalue weighted by atomic mass is 9.86. The lowest BCUT2D eigenvalue weighted by Crippen LogP contribution is -2.28. The second kappa shape index (κ2) is 5.45. The summed E-state index contributed by atoms with van der Waals surface area (Å²) in [6.45, 7) is 5.51. The van der Waals surface area contributed by atoms with Crippen molar-refractivity contribution >= 4 is 5.95 Å². The molecule has 1 aliphatic carbocycles. The summed E-state index contributed by atoms with van der Waals surface area (Å²) in [7, 11) is 2.04. The molecule has 4 nitrogen and oxygen atoms in total. The van der Waals surface area contributed by atoms with Crippen LogP contribution in [0.3, 0.4) is 0 Å². The predicted octanol–water partition coefficient (Wildman–Crippen LogP) is 1.71. The van der Waals surface area contributed by atoms with Gasteiger partial charge >= 0.3 is 0 Å². The molecular formula is C15H24N4. The zero-order chi connectivity index (χ0) is 13.2. The lowest BCUT2D eigenvalue weighted by Gasteiger charge is -2.26. The fourth-order valence-corrected chi connectivity index (χ4v) is 3.36. The molecule has 1 aromatic heterocycles. The van der Waals surface area contributed by atoms with Crippen molar-refractivity contribution in [2.24, 2.45) is 5.92 Å². The van der Waals surface area contributed by atoms with Crippen LogP contribution in [0.1, 0.15) is 36.2 Å². The Morgan fingerprint density at radius 1 is 1.26 bits per heavy atom. The number of fused-ring (bicyclic) bond motifs is 1. The molecule has 0 spiro atoms. The first-order valence-electron chi connectivity index (χ1n) is 7.54. The van der Waals surface area contributed by atoms with Crippen molar-refractivity contribution < 1.29 is 0 Å². The molecule has 1 unspecified atom stereocenters. The number of rotatable bonds is 3. The predicted molar refractivity (Wildman–Crippen MR) is 77.7 cm³/mol. The third kappa shape index (κ3) is 2.59. The van der Waals surface area contributed by atoms with Gasteiger partial charge in [0.1, 0.15) is 0 Å². The van der Waals surface area contributed by atoms with E-state index >= 15 is 0 Å². The summed E-state index contributed by atoms with van der Waals surface area (Å²) in [6, 6.07) is 0. The molecule has 1 N–H and O–H groups in total. The lowest BCUT2D eigenvalue weighted by molar-refractivity contribution is 0.432. The van der Waals surface area contributed by atoms with Crippen LogP contribution >= 0.6 is 0 Å². The maximum atomic E-state index is 4.85. The number of aryl methyl sites for hydroxylation is 2. The van der Waals surface area contributed by atoms with Crippen molar-refractivity contribution in [3.8, 4) is 0 Å². The molecule has 0 amide bonds. The minimum absolute atomic E-state index is 0.748. The zero-order valence-electron chi connectivity index (χ0n) is 12.1. The molecule has 104 valence electrons. The minimum atomic E-state index is 0.748. The number of hydrogen-bond donors (Lipinski definition) is 1. The first-order chi connectivity index (χ1) is 9.28. The largest absolute Gasteiger partial charge is 0.341 e. The van der Waals surface area contributed by atoms with E-state index in [1.807, 2.05) is 7.05 Å². The van der Waals surface area contributed by atoms with Crippen molar-refractivity contribution in [2.75, 3.05) is 31.6 Å². The van der Waals surface area contributed by atoms with Crippen LogP contribution in [0.5, 0.6) is 0 Å². The molecule has 2 aliphatic rings. The molecular weight excluding hydrogens is 236 g/mol. The summed E-state index contributed by atoms with van der Waals surface area (Å²) in [5.41, 5.74) is 3.92. The van der Waals surface area contributed by atoms with Gasteiger partial charge in [-0.2, -0.15) is 0 Å². The molecule has 1 aliphatic heterocycles. The summed E-state index contributed by atoms with van der Waals surface area (Å²) in [5, 5.41) is 3.29. The summed E-state index contributed by atoms with van der Waals surface area (Å²) < 4.78 is 0. The molecule has 1 atom stereocenters. The number of nitrogens with zero attached hydrogens (tertiary/aromatic N) is 3.